The van der Waals surface area contributed by atoms with Crippen molar-refractivity contribution in [1.29, 1.82) is 0 Å². The van der Waals surface area contributed by atoms with Crippen LogP contribution < -0.4 is 5.32 Å². The second kappa shape index (κ2) is 20.8. The molecule has 0 radical (unpaired) electrons. The van der Waals surface area contributed by atoms with E-state index in [9.17, 15) is 30.3 Å². The van der Waals surface area contributed by atoms with Gasteiger partial charge in [0.2, 0.25) is 5.91 Å². The van der Waals surface area contributed by atoms with Crippen LogP contribution in [0.5, 0.6) is 0 Å². The van der Waals surface area contributed by atoms with E-state index in [1.165, 1.54) is 44.9 Å². The van der Waals surface area contributed by atoms with E-state index in [0.29, 0.717) is 6.42 Å². The van der Waals surface area contributed by atoms with Gasteiger partial charge < -0.3 is 40.3 Å². The van der Waals surface area contributed by atoms with Crippen LogP contribution in [0.15, 0.2) is 12.2 Å². The number of aliphatic hydroxyl groups excluding tert-OH is 5. The van der Waals surface area contributed by atoms with Gasteiger partial charge in [0.25, 0.3) is 0 Å². The normalized spacial score (nSPS) is 25.9. The SMILES string of the molecule is CCCC/C=C/C(O)C(COC1OC(CO)C(O)C(O)C1O)NC(=O)CCCCCCCCCCCC. The van der Waals surface area contributed by atoms with Gasteiger partial charge in [-0.3, -0.25) is 4.79 Å². The van der Waals surface area contributed by atoms with E-state index in [1.807, 2.05) is 6.08 Å². The molecule has 1 heterocycles. The summed E-state index contributed by atoms with van der Waals surface area (Å²) in [6, 6.07) is -0.791. The van der Waals surface area contributed by atoms with Crippen molar-refractivity contribution in [3.8, 4) is 0 Å². The van der Waals surface area contributed by atoms with Gasteiger partial charge in [0.05, 0.1) is 25.4 Å². The number of amides is 1. The van der Waals surface area contributed by atoms with Crippen molar-refractivity contribution in [1.82, 2.24) is 5.32 Å². The zero-order chi connectivity index (χ0) is 27.5. The minimum Gasteiger partial charge on any atom is -0.394 e. The zero-order valence-electron chi connectivity index (χ0n) is 23.0. The van der Waals surface area contributed by atoms with Crippen molar-refractivity contribution in [3.63, 3.8) is 0 Å². The topological polar surface area (TPSA) is 149 Å². The Labute approximate surface area is 223 Å². The molecule has 0 bridgehead atoms. The van der Waals surface area contributed by atoms with Gasteiger partial charge in [0, 0.05) is 6.42 Å². The molecule has 0 aliphatic carbocycles. The van der Waals surface area contributed by atoms with E-state index in [2.05, 4.69) is 19.2 Å². The number of ether oxygens (including phenoxy) is 2. The molecule has 0 aromatic carbocycles. The number of allylic oxidation sites excluding steroid dienone is 1. The summed E-state index contributed by atoms with van der Waals surface area (Å²) in [6.45, 7) is 3.55. The third-order valence-corrected chi connectivity index (χ3v) is 6.86. The monoisotopic (exact) mass is 531 g/mol. The number of carbonyl (C=O) groups excluding carboxylic acids is 1. The number of aliphatic hydroxyl groups is 5. The highest BCUT2D eigenvalue weighted by molar-refractivity contribution is 5.76. The minimum absolute atomic E-state index is 0.189. The highest BCUT2D eigenvalue weighted by Crippen LogP contribution is 2.22. The highest BCUT2D eigenvalue weighted by atomic mass is 16.7. The van der Waals surface area contributed by atoms with Crippen LogP contribution in [0.1, 0.15) is 104 Å². The molecule has 1 saturated heterocycles. The van der Waals surface area contributed by atoms with E-state index in [4.69, 9.17) is 9.47 Å². The van der Waals surface area contributed by atoms with Crippen LogP contribution >= 0.6 is 0 Å². The third-order valence-electron chi connectivity index (χ3n) is 6.86. The fourth-order valence-corrected chi connectivity index (χ4v) is 4.37. The second-order valence-electron chi connectivity index (χ2n) is 10.2. The summed E-state index contributed by atoms with van der Waals surface area (Å²) in [5.74, 6) is -0.192. The van der Waals surface area contributed by atoms with Gasteiger partial charge in [0.1, 0.15) is 24.4 Å². The molecule has 7 unspecified atom stereocenters. The lowest BCUT2D eigenvalue weighted by molar-refractivity contribution is -0.302. The summed E-state index contributed by atoms with van der Waals surface area (Å²) in [5, 5.41) is 53.0. The summed E-state index contributed by atoms with van der Waals surface area (Å²) < 4.78 is 11.0. The average Bonchev–Trinajstić information content (AvgIpc) is 2.89. The lowest BCUT2D eigenvalue weighted by Gasteiger charge is -2.40. The molecule has 1 aliphatic heterocycles. The molecule has 0 aromatic heterocycles. The van der Waals surface area contributed by atoms with Crippen molar-refractivity contribution >= 4 is 5.91 Å². The molecule has 218 valence electrons. The van der Waals surface area contributed by atoms with Gasteiger partial charge in [-0.05, 0) is 12.8 Å². The van der Waals surface area contributed by atoms with Crippen LogP contribution in [0.3, 0.4) is 0 Å². The van der Waals surface area contributed by atoms with E-state index < -0.39 is 49.5 Å². The van der Waals surface area contributed by atoms with Crippen molar-refractivity contribution in [3.05, 3.63) is 12.2 Å². The molecule has 0 aromatic rings. The Balaban J connectivity index is 2.51. The maximum Gasteiger partial charge on any atom is 0.220 e. The first kappa shape index (κ1) is 34.0. The van der Waals surface area contributed by atoms with Crippen LogP contribution in [0.2, 0.25) is 0 Å². The van der Waals surface area contributed by atoms with Crippen LogP contribution in [0, 0.1) is 0 Å². The number of nitrogens with one attached hydrogen (secondary N) is 1. The number of carbonyl (C=O) groups is 1. The summed E-state index contributed by atoms with van der Waals surface area (Å²) in [6.07, 6.45) is 10.4. The lowest BCUT2D eigenvalue weighted by Crippen LogP contribution is -2.60. The van der Waals surface area contributed by atoms with Crippen molar-refractivity contribution in [2.24, 2.45) is 0 Å². The Bertz CT molecular complexity index is 603. The Kier molecular flexibility index (Phi) is 19.1. The second-order valence-corrected chi connectivity index (χ2v) is 10.2. The molecule has 0 spiro atoms. The Morgan fingerprint density at radius 2 is 1.49 bits per heavy atom. The summed E-state index contributed by atoms with van der Waals surface area (Å²) in [7, 11) is 0. The molecule has 9 nitrogen and oxygen atoms in total. The molecular weight excluding hydrogens is 478 g/mol. The van der Waals surface area contributed by atoms with Gasteiger partial charge in [-0.15, -0.1) is 0 Å². The number of hydrogen-bond acceptors (Lipinski definition) is 8. The van der Waals surface area contributed by atoms with E-state index >= 15 is 0 Å². The Morgan fingerprint density at radius 1 is 0.892 bits per heavy atom. The maximum absolute atomic E-state index is 12.6. The quantitative estimate of drug-likeness (QED) is 0.0978. The van der Waals surface area contributed by atoms with E-state index in [-0.39, 0.29) is 12.5 Å². The Morgan fingerprint density at radius 3 is 2.08 bits per heavy atom. The highest BCUT2D eigenvalue weighted by Gasteiger charge is 2.44. The molecule has 6 N–H and O–H groups in total. The van der Waals surface area contributed by atoms with Crippen LogP contribution in [-0.4, -0.2) is 87.5 Å². The molecule has 1 aliphatic rings. The first-order chi connectivity index (χ1) is 17.8. The average molecular weight is 532 g/mol. The minimum atomic E-state index is -1.56. The number of hydrogen-bond donors (Lipinski definition) is 6. The first-order valence-electron chi connectivity index (χ1n) is 14.4. The molecule has 1 fully saturated rings. The Hall–Kier alpha value is -1.07. The van der Waals surface area contributed by atoms with Gasteiger partial charge in [-0.1, -0.05) is 96.6 Å². The first-order valence-corrected chi connectivity index (χ1v) is 14.4. The third kappa shape index (κ3) is 14.0. The zero-order valence-corrected chi connectivity index (χ0v) is 23.0. The summed E-state index contributed by atoms with van der Waals surface area (Å²) in [4.78, 5) is 12.6. The fraction of sp³-hybridized carbons (Fsp3) is 0.893. The van der Waals surface area contributed by atoms with Gasteiger partial charge in [-0.2, -0.15) is 0 Å². The molecule has 1 rings (SSSR count). The van der Waals surface area contributed by atoms with Gasteiger partial charge in [0.15, 0.2) is 6.29 Å². The van der Waals surface area contributed by atoms with Crippen molar-refractivity contribution in [2.45, 2.75) is 147 Å². The fourth-order valence-electron chi connectivity index (χ4n) is 4.37. The maximum atomic E-state index is 12.6. The number of rotatable bonds is 21. The smallest absolute Gasteiger partial charge is 0.220 e. The molecule has 1 amide bonds. The summed E-state index contributed by atoms with van der Waals surface area (Å²) in [5.41, 5.74) is 0. The van der Waals surface area contributed by atoms with Crippen molar-refractivity contribution < 1.29 is 39.8 Å². The van der Waals surface area contributed by atoms with Crippen LogP contribution in [-0.2, 0) is 14.3 Å². The van der Waals surface area contributed by atoms with Crippen molar-refractivity contribution in [2.75, 3.05) is 13.2 Å². The predicted molar refractivity (Wildman–Crippen MR) is 143 cm³/mol. The largest absolute Gasteiger partial charge is 0.394 e. The molecule has 0 saturated carbocycles. The van der Waals surface area contributed by atoms with Crippen LogP contribution in [0.25, 0.3) is 0 Å². The van der Waals surface area contributed by atoms with Gasteiger partial charge in [-0.25, -0.2) is 0 Å². The lowest BCUT2D eigenvalue weighted by atomic mass is 9.99. The molecule has 37 heavy (non-hydrogen) atoms. The molecule has 9 heteroatoms. The van der Waals surface area contributed by atoms with Crippen LogP contribution in [0.4, 0.5) is 0 Å². The molecule has 7 atom stereocenters. The summed E-state index contributed by atoms with van der Waals surface area (Å²) >= 11 is 0. The molecular formula is C28H53NO8. The van der Waals surface area contributed by atoms with E-state index in [0.717, 1.165) is 38.5 Å². The standard InChI is InChI=1S/C28H53NO8/c1-3-5-7-9-10-11-12-13-14-16-18-24(32)29-21(22(31)17-15-8-6-4-2)20-36-28-27(35)26(34)25(33)23(19-30)37-28/h15,17,21-23,25-28,30-31,33-35H,3-14,16,18-20H2,1-2H3,(H,29,32)/b17-15+. The predicted octanol–water partition coefficient (Wildman–Crippen LogP) is 2.71. The van der Waals surface area contributed by atoms with E-state index in [1.54, 1.807) is 6.08 Å². The number of unbranched alkanes of at least 4 members (excludes halogenated alkanes) is 11. The van der Waals surface area contributed by atoms with Gasteiger partial charge >= 0.3 is 0 Å².